The molecule has 2 aromatic carbocycles. The molecular formula is C21H26FIN4. The van der Waals surface area contributed by atoms with Crippen molar-refractivity contribution in [3.63, 3.8) is 0 Å². The molecule has 0 unspecified atom stereocenters. The lowest BCUT2D eigenvalue weighted by molar-refractivity contribution is 0.474. The van der Waals surface area contributed by atoms with Gasteiger partial charge in [0.05, 0.1) is 0 Å². The predicted molar refractivity (Wildman–Crippen MR) is 121 cm³/mol. The van der Waals surface area contributed by atoms with Gasteiger partial charge in [-0.15, -0.1) is 24.0 Å². The van der Waals surface area contributed by atoms with Crippen molar-refractivity contribution in [1.29, 1.82) is 0 Å². The summed E-state index contributed by atoms with van der Waals surface area (Å²) >= 11 is 0. The molecular weight excluding hydrogens is 454 g/mol. The zero-order valence-corrected chi connectivity index (χ0v) is 18.1. The fourth-order valence-corrected chi connectivity index (χ4v) is 3.10. The normalized spacial score (nSPS) is 13.4. The van der Waals surface area contributed by atoms with Crippen LogP contribution in [0.1, 0.15) is 11.1 Å². The monoisotopic (exact) mass is 480 g/mol. The van der Waals surface area contributed by atoms with Crippen LogP contribution in [-0.2, 0) is 13.1 Å². The van der Waals surface area contributed by atoms with E-state index in [0.29, 0.717) is 13.1 Å². The van der Waals surface area contributed by atoms with Gasteiger partial charge in [0.25, 0.3) is 0 Å². The summed E-state index contributed by atoms with van der Waals surface area (Å²) in [5.41, 5.74) is 3.35. The Kier molecular flexibility index (Phi) is 8.09. The Labute approximate surface area is 177 Å². The van der Waals surface area contributed by atoms with E-state index in [9.17, 15) is 4.39 Å². The number of aliphatic imine (C=N–C) groups is 1. The van der Waals surface area contributed by atoms with Gasteiger partial charge in [0.1, 0.15) is 5.82 Å². The molecule has 0 radical (unpaired) electrons. The summed E-state index contributed by atoms with van der Waals surface area (Å²) in [5.74, 6) is 0.564. The third kappa shape index (κ3) is 5.95. The smallest absolute Gasteiger partial charge is 0.193 e. The van der Waals surface area contributed by atoms with Gasteiger partial charge in [-0.05, 0) is 35.4 Å². The highest BCUT2D eigenvalue weighted by atomic mass is 127. The molecule has 0 spiro atoms. The molecule has 0 amide bonds. The number of rotatable bonds is 5. The van der Waals surface area contributed by atoms with Gasteiger partial charge in [0, 0.05) is 46.0 Å². The van der Waals surface area contributed by atoms with Gasteiger partial charge in [-0.1, -0.05) is 36.4 Å². The van der Waals surface area contributed by atoms with Crippen LogP contribution in [0.2, 0.25) is 0 Å². The first-order valence-electron chi connectivity index (χ1n) is 8.81. The molecule has 0 saturated carbocycles. The van der Waals surface area contributed by atoms with Gasteiger partial charge in [-0.3, -0.25) is 4.99 Å². The third-order valence-corrected chi connectivity index (χ3v) is 4.43. The summed E-state index contributed by atoms with van der Waals surface area (Å²) in [6.45, 7) is 3.22. The van der Waals surface area contributed by atoms with E-state index in [1.165, 1.54) is 17.3 Å². The highest BCUT2D eigenvalue weighted by molar-refractivity contribution is 14.0. The van der Waals surface area contributed by atoms with Crippen molar-refractivity contribution in [3.8, 4) is 0 Å². The predicted octanol–water partition coefficient (Wildman–Crippen LogP) is 4.03. The van der Waals surface area contributed by atoms with E-state index in [-0.39, 0.29) is 29.8 Å². The standard InChI is InChI=1S/C21H25FN4.HI/c1-23-21(25(2)16-18-8-5-9-19(22)13-18)24-15-17-7-6-10-20(14-17)26-11-3-4-12-26;/h3-10,13-14H,11-12,15-16H2,1-2H3,(H,23,24);1H. The maximum atomic E-state index is 13.4. The number of benzene rings is 2. The quantitative estimate of drug-likeness (QED) is 0.304. The molecule has 0 saturated heterocycles. The maximum absolute atomic E-state index is 13.4. The van der Waals surface area contributed by atoms with Crippen molar-refractivity contribution >= 4 is 35.6 Å². The largest absolute Gasteiger partial charge is 0.364 e. The van der Waals surface area contributed by atoms with Crippen molar-refractivity contribution in [1.82, 2.24) is 10.2 Å². The molecule has 144 valence electrons. The number of hydrogen-bond donors (Lipinski definition) is 1. The lowest BCUT2D eigenvalue weighted by atomic mass is 10.2. The van der Waals surface area contributed by atoms with E-state index in [0.717, 1.165) is 24.6 Å². The maximum Gasteiger partial charge on any atom is 0.193 e. The van der Waals surface area contributed by atoms with Gasteiger partial charge in [0.15, 0.2) is 5.96 Å². The van der Waals surface area contributed by atoms with Crippen molar-refractivity contribution in [2.75, 3.05) is 32.1 Å². The Morgan fingerprint density at radius 1 is 1.11 bits per heavy atom. The zero-order valence-electron chi connectivity index (χ0n) is 15.7. The van der Waals surface area contributed by atoms with Crippen LogP contribution >= 0.6 is 24.0 Å². The minimum atomic E-state index is -0.216. The summed E-state index contributed by atoms with van der Waals surface area (Å²) in [6, 6.07) is 15.2. The number of guanidine groups is 1. The van der Waals surface area contributed by atoms with Crippen LogP contribution < -0.4 is 10.2 Å². The van der Waals surface area contributed by atoms with E-state index in [1.807, 2.05) is 18.0 Å². The fourth-order valence-electron chi connectivity index (χ4n) is 3.10. The number of halogens is 2. The zero-order chi connectivity index (χ0) is 18.4. The summed E-state index contributed by atoms with van der Waals surface area (Å²) in [6.07, 6.45) is 4.38. The highest BCUT2D eigenvalue weighted by Gasteiger charge is 2.10. The van der Waals surface area contributed by atoms with Crippen molar-refractivity contribution in [2.45, 2.75) is 13.1 Å². The molecule has 6 heteroatoms. The molecule has 1 aliphatic rings. The second-order valence-corrected chi connectivity index (χ2v) is 6.43. The number of nitrogens with zero attached hydrogens (tertiary/aromatic N) is 3. The minimum Gasteiger partial charge on any atom is -0.364 e. The molecule has 3 rings (SSSR count). The van der Waals surface area contributed by atoms with Crippen LogP contribution in [0.25, 0.3) is 0 Å². The molecule has 0 bridgehead atoms. The second kappa shape index (κ2) is 10.3. The van der Waals surface area contributed by atoms with Gasteiger partial charge in [-0.25, -0.2) is 4.39 Å². The summed E-state index contributed by atoms with van der Waals surface area (Å²) in [4.78, 5) is 8.66. The Hall–Kier alpha value is -2.09. The first kappa shape index (κ1) is 21.2. The average molecular weight is 480 g/mol. The van der Waals surface area contributed by atoms with Gasteiger partial charge < -0.3 is 15.1 Å². The van der Waals surface area contributed by atoms with Crippen molar-refractivity contribution in [3.05, 3.63) is 77.6 Å². The van der Waals surface area contributed by atoms with Crippen molar-refractivity contribution < 1.29 is 4.39 Å². The van der Waals surface area contributed by atoms with Crippen molar-refractivity contribution in [2.24, 2.45) is 4.99 Å². The molecule has 0 aromatic heterocycles. The van der Waals surface area contributed by atoms with Gasteiger partial charge in [-0.2, -0.15) is 0 Å². The summed E-state index contributed by atoms with van der Waals surface area (Å²) < 4.78 is 13.4. The van der Waals surface area contributed by atoms with Crippen LogP contribution in [0.4, 0.5) is 10.1 Å². The average Bonchev–Trinajstić information content (AvgIpc) is 3.17. The van der Waals surface area contributed by atoms with Crippen LogP contribution in [0, 0.1) is 5.82 Å². The van der Waals surface area contributed by atoms with Crippen LogP contribution in [-0.4, -0.2) is 38.0 Å². The number of nitrogens with one attached hydrogen (secondary N) is 1. The molecule has 27 heavy (non-hydrogen) atoms. The Morgan fingerprint density at radius 2 is 1.81 bits per heavy atom. The SMILES string of the molecule is CN=C(NCc1cccc(N2CC=CC2)c1)N(C)Cc1cccc(F)c1.I. The van der Waals surface area contributed by atoms with Crippen LogP contribution in [0.5, 0.6) is 0 Å². The molecule has 1 N–H and O–H groups in total. The van der Waals surface area contributed by atoms with E-state index in [4.69, 9.17) is 0 Å². The molecule has 2 aromatic rings. The van der Waals surface area contributed by atoms with E-state index in [2.05, 4.69) is 51.6 Å². The third-order valence-electron chi connectivity index (χ3n) is 4.43. The Bertz CT molecular complexity index is 798. The highest BCUT2D eigenvalue weighted by Crippen LogP contribution is 2.18. The fraction of sp³-hybridized carbons (Fsp3) is 0.286. The van der Waals surface area contributed by atoms with Crippen LogP contribution in [0.15, 0.2) is 65.7 Å². The summed E-state index contributed by atoms with van der Waals surface area (Å²) in [5, 5.41) is 3.39. The molecule has 4 nitrogen and oxygen atoms in total. The first-order chi connectivity index (χ1) is 12.7. The number of hydrogen-bond acceptors (Lipinski definition) is 2. The minimum absolute atomic E-state index is 0. The van der Waals surface area contributed by atoms with E-state index < -0.39 is 0 Å². The lowest BCUT2D eigenvalue weighted by Crippen LogP contribution is -2.38. The van der Waals surface area contributed by atoms with E-state index >= 15 is 0 Å². The van der Waals surface area contributed by atoms with Crippen LogP contribution in [0.3, 0.4) is 0 Å². The molecule has 0 aliphatic carbocycles. The molecule has 0 fully saturated rings. The molecule has 1 aliphatic heterocycles. The van der Waals surface area contributed by atoms with Gasteiger partial charge >= 0.3 is 0 Å². The Balaban J connectivity index is 0.00000261. The second-order valence-electron chi connectivity index (χ2n) is 6.43. The van der Waals surface area contributed by atoms with Gasteiger partial charge in [0.2, 0.25) is 0 Å². The molecule has 1 heterocycles. The molecule has 0 atom stereocenters. The first-order valence-corrected chi connectivity index (χ1v) is 8.81. The Morgan fingerprint density at radius 3 is 2.52 bits per heavy atom. The number of anilines is 1. The topological polar surface area (TPSA) is 30.9 Å². The lowest BCUT2D eigenvalue weighted by Gasteiger charge is -2.23. The van der Waals surface area contributed by atoms with E-state index in [1.54, 1.807) is 19.2 Å². The summed E-state index contributed by atoms with van der Waals surface area (Å²) in [7, 11) is 3.71.